The number of aliphatic hydroxyl groups excluding tert-OH is 1. The van der Waals surface area contributed by atoms with Crippen LogP contribution in [0.1, 0.15) is 33.9 Å². The smallest absolute Gasteiger partial charge is 0.295 e. The summed E-state index contributed by atoms with van der Waals surface area (Å²) in [4.78, 5) is 31.8. The average Bonchev–Trinajstić information content (AvgIpc) is 3.06. The van der Waals surface area contributed by atoms with Gasteiger partial charge in [-0.3, -0.25) is 14.6 Å². The van der Waals surface area contributed by atoms with Gasteiger partial charge in [0.05, 0.1) is 18.7 Å². The molecular formula is C26H24N2O4. The van der Waals surface area contributed by atoms with E-state index in [0.29, 0.717) is 16.9 Å². The summed E-state index contributed by atoms with van der Waals surface area (Å²) < 4.78 is 5.36. The first-order chi connectivity index (χ1) is 15.4. The first-order valence-corrected chi connectivity index (χ1v) is 10.3. The Labute approximate surface area is 186 Å². The van der Waals surface area contributed by atoms with E-state index in [0.717, 1.165) is 16.7 Å². The first-order valence-electron chi connectivity index (χ1n) is 10.3. The molecule has 1 unspecified atom stereocenters. The number of ether oxygens (including phenoxy) is 1. The van der Waals surface area contributed by atoms with Crippen LogP contribution in [0.25, 0.3) is 5.76 Å². The van der Waals surface area contributed by atoms with Crippen LogP contribution in [0, 0.1) is 13.8 Å². The molecule has 0 bridgehead atoms. The molecule has 2 heterocycles. The van der Waals surface area contributed by atoms with Gasteiger partial charge in [-0.15, -0.1) is 0 Å². The van der Waals surface area contributed by atoms with Gasteiger partial charge in [0.25, 0.3) is 11.7 Å². The molecule has 3 aromatic rings. The third-order valence-electron chi connectivity index (χ3n) is 5.83. The van der Waals surface area contributed by atoms with Gasteiger partial charge in [-0.1, -0.05) is 24.3 Å². The lowest BCUT2D eigenvalue weighted by Crippen LogP contribution is -2.29. The third-order valence-corrected chi connectivity index (χ3v) is 5.83. The zero-order valence-corrected chi connectivity index (χ0v) is 18.2. The highest BCUT2D eigenvalue weighted by Gasteiger charge is 2.46. The summed E-state index contributed by atoms with van der Waals surface area (Å²) in [6, 6.07) is 15.5. The number of aliphatic hydroxyl groups is 1. The number of carbonyl (C=O) groups excluding carboxylic acids is 2. The standard InChI is InChI=1S/C26H24N2O4/c1-16-7-8-20(13-17(16)2)24(29)22-23(19-5-4-6-21(14-19)32-3)28(26(31)25(22)30)15-18-9-11-27-12-10-18/h4-14,23,29H,15H2,1-3H3/b24-22-. The summed E-state index contributed by atoms with van der Waals surface area (Å²) in [6.07, 6.45) is 3.28. The lowest BCUT2D eigenvalue weighted by molar-refractivity contribution is -0.140. The van der Waals surface area contributed by atoms with Crippen LogP contribution in [-0.4, -0.2) is 33.8 Å². The van der Waals surface area contributed by atoms with Crippen molar-refractivity contribution in [1.82, 2.24) is 9.88 Å². The number of likely N-dealkylation sites (tertiary alicyclic amines) is 1. The van der Waals surface area contributed by atoms with Crippen LogP contribution in [0.2, 0.25) is 0 Å². The van der Waals surface area contributed by atoms with Crippen LogP contribution in [0.4, 0.5) is 0 Å². The molecular weight excluding hydrogens is 404 g/mol. The predicted octanol–water partition coefficient (Wildman–Crippen LogP) is 4.33. The van der Waals surface area contributed by atoms with Crippen LogP contribution < -0.4 is 4.74 Å². The maximum absolute atomic E-state index is 13.2. The van der Waals surface area contributed by atoms with Crippen LogP contribution in [0.15, 0.2) is 72.6 Å². The van der Waals surface area contributed by atoms with Gasteiger partial charge in [-0.05, 0) is 66.4 Å². The van der Waals surface area contributed by atoms with Crippen LogP contribution in [0.3, 0.4) is 0 Å². The van der Waals surface area contributed by atoms with Crippen molar-refractivity contribution >= 4 is 17.4 Å². The second kappa shape index (κ2) is 8.67. The molecule has 0 radical (unpaired) electrons. The van der Waals surface area contributed by atoms with Crippen molar-refractivity contribution < 1.29 is 19.4 Å². The molecule has 1 aliphatic heterocycles. The lowest BCUT2D eigenvalue weighted by atomic mass is 9.94. The Bertz CT molecular complexity index is 1220. The second-order valence-electron chi connectivity index (χ2n) is 7.86. The Morgan fingerprint density at radius 1 is 1.03 bits per heavy atom. The van der Waals surface area contributed by atoms with Crippen molar-refractivity contribution in [3.8, 4) is 5.75 Å². The van der Waals surface area contributed by atoms with E-state index in [1.54, 1.807) is 55.9 Å². The van der Waals surface area contributed by atoms with E-state index >= 15 is 0 Å². The number of pyridine rings is 1. The summed E-state index contributed by atoms with van der Waals surface area (Å²) >= 11 is 0. The zero-order valence-electron chi connectivity index (χ0n) is 18.2. The van der Waals surface area contributed by atoms with Gasteiger partial charge in [-0.2, -0.15) is 0 Å². The Morgan fingerprint density at radius 3 is 2.47 bits per heavy atom. The number of ketones is 1. The topological polar surface area (TPSA) is 79.7 Å². The molecule has 1 amide bonds. The fourth-order valence-corrected chi connectivity index (χ4v) is 3.93. The van der Waals surface area contributed by atoms with Gasteiger partial charge >= 0.3 is 0 Å². The summed E-state index contributed by atoms with van der Waals surface area (Å²) in [5.41, 5.74) is 4.15. The molecule has 1 atom stereocenters. The number of aromatic nitrogens is 1. The number of aryl methyl sites for hydroxylation is 2. The zero-order chi connectivity index (χ0) is 22.8. The number of hydrogen-bond acceptors (Lipinski definition) is 5. The van der Waals surface area contributed by atoms with Gasteiger partial charge in [0.1, 0.15) is 11.5 Å². The van der Waals surface area contributed by atoms with E-state index in [2.05, 4.69) is 4.98 Å². The summed E-state index contributed by atoms with van der Waals surface area (Å²) in [6.45, 7) is 4.12. The van der Waals surface area contributed by atoms with E-state index in [9.17, 15) is 14.7 Å². The van der Waals surface area contributed by atoms with Gasteiger partial charge in [0.15, 0.2) is 0 Å². The number of carbonyl (C=O) groups is 2. The van der Waals surface area contributed by atoms with E-state index in [1.807, 2.05) is 32.0 Å². The maximum atomic E-state index is 13.2. The molecule has 0 saturated carbocycles. The third kappa shape index (κ3) is 3.87. The number of Topliss-reactive ketones (excluding diaryl/α,β-unsaturated/α-hetero) is 1. The number of methoxy groups -OCH3 is 1. The number of benzene rings is 2. The highest BCUT2D eigenvalue weighted by molar-refractivity contribution is 6.46. The summed E-state index contributed by atoms with van der Waals surface area (Å²) in [5, 5.41) is 11.2. The van der Waals surface area contributed by atoms with Gasteiger partial charge < -0.3 is 14.7 Å². The van der Waals surface area contributed by atoms with Gasteiger partial charge in [0, 0.05) is 24.5 Å². The van der Waals surface area contributed by atoms with Crippen LogP contribution >= 0.6 is 0 Å². The van der Waals surface area contributed by atoms with E-state index in [4.69, 9.17) is 4.74 Å². The fraction of sp³-hybridized carbons (Fsp3) is 0.192. The fourth-order valence-electron chi connectivity index (χ4n) is 3.93. The minimum atomic E-state index is -0.750. The molecule has 6 heteroatoms. The molecule has 2 aromatic carbocycles. The molecule has 1 fully saturated rings. The van der Waals surface area contributed by atoms with E-state index < -0.39 is 17.7 Å². The average molecular weight is 428 g/mol. The summed E-state index contributed by atoms with van der Waals surface area (Å²) in [5.74, 6) is -0.942. The van der Waals surface area contributed by atoms with E-state index in [1.165, 1.54) is 4.90 Å². The molecule has 1 saturated heterocycles. The van der Waals surface area contributed by atoms with Crippen molar-refractivity contribution in [3.63, 3.8) is 0 Å². The highest BCUT2D eigenvalue weighted by Crippen LogP contribution is 2.41. The highest BCUT2D eigenvalue weighted by atomic mass is 16.5. The van der Waals surface area contributed by atoms with Crippen LogP contribution in [0.5, 0.6) is 5.75 Å². The first kappa shape index (κ1) is 21.3. The quantitative estimate of drug-likeness (QED) is 0.372. The van der Waals surface area contributed by atoms with Crippen molar-refractivity contribution in [3.05, 3.63) is 100 Å². The number of hydrogen-bond donors (Lipinski definition) is 1. The molecule has 0 aliphatic carbocycles. The number of rotatable bonds is 5. The molecule has 1 aromatic heterocycles. The molecule has 0 spiro atoms. The molecule has 4 rings (SSSR count). The van der Waals surface area contributed by atoms with Crippen molar-refractivity contribution in [1.29, 1.82) is 0 Å². The minimum absolute atomic E-state index is 0.0700. The van der Waals surface area contributed by atoms with E-state index in [-0.39, 0.29) is 17.9 Å². The molecule has 6 nitrogen and oxygen atoms in total. The van der Waals surface area contributed by atoms with Crippen molar-refractivity contribution in [2.75, 3.05) is 7.11 Å². The number of nitrogens with zero attached hydrogens (tertiary/aromatic N) is 2. The Balaban J connectivity index is 1.89. The van der Waals surface area contributed by atoms with Crippen molar-refractivity contribution in [2.45, 2.75) is 26.4 Å². The van der Waals surface area contributed by atoms with Crippen molar-refractivity contribution in [2.24, 2.45) is 0 Å². The second-order valence-corrected chi connectivity index (χ2v) is 7.86. The normalized spacial score (nSPS) is 17.6. The Morgan fingerprint density at radius 2 is 1.78 bits per heavy atom. The SMILES string of the molecule is COc1cccc(C2/C(=C(/O)c3ccc(C)c(C)c3)C(=O)C(=O)N2Cc2ccncc2)c1. The molecule has 32 heavy (non-hydrogen) atoms. The van der Waals surface area contributed by atoms with Gasteiger partial charge in [-0.25, -0.2) is 0 Å². The van der Waals surface area contributed by atoms with Gasteiger partial charge in [0.2, 0.25) is 0 Å². The lowest BCUT2D eigenvalue weighted by Gasteiger charge is -2.25. The Hall–Kier alpha value is -3.93. The largest absolute Gasteiger partial charge is 0.507 e. The van der Waals surface area contributed by atoms with Crippen LogP contribution in [-0.2, 0) is 16.1 Å². The molecule has 162 valence electrons. The molecule has 1 N–H and O–H groups in total. The molecule has 1 aliphatic rings. The minimum Gasteiger partial charge on any atom is -0.507 e. The Kier molecular flexibility index (Phi) is 5.77. The monoisotopic (exact) mass is 428 g/mol. The predicted molar refractivity (Wildman–Crippen MR) is 121 cm³/mol. The number of amides is 1. The maximum Gasteiger partial charge on any atom is 0.295 e. The summed E-state index contributed by atoms with van der Waals surface area (Å²) in [7, 11) is 1.56.